The lowest BCUT2D eigenvalue weighted by Crippen LogP contribution is -2.27. The monoisotopic (exact) mass is 1020 g/mol. The van der Waals surface area contributed by atoms with Gasteiger partial charge in [-0.05, 0) is 48.9 Å². The lowest BCUT2D eigenvalue weighted by Gasteiger charge is -2.20. The Morgan fingerprint density at radius 1 is 0.620 bits per heavy atom. The smallest absolute Gasteiger partial charge is 0.305 e. The van der Waals surface area contributed by atoms with E-state index in [1.54, 1.807) is 49.4 Å². The van der Waals surface area contributed by atoms with Crippen molar-refractivity contribution in [3.8, 4) is 22.5 Å². The zero-order valence-electron chi connectivity index (χ0n) is 40.3. The minimum absolute atomic E-state index is 0.0177. The van der Waals surface area contributed by atoms with Crippen molar-refractivity contribution in [3.63, 3.8) is 0 Å². The Balaban J connectivity index is 0.906. The predicted molar refractivity (Wildman–Crippen MR) is 256 cm³/mol. The molecule has 2 aliphatic rings. The van der Waals surface area contributed by atoms with Gasteiger partial charge in [-0.15, -0.1) is 0 Å². The summed E-state index contributed by atoms with van der Waals surface area (Å²) in [6.07, 6.45) is -0.0177. The van der Waals surface area contributed by atoms with Crippen LogP contribution in [0.3, 0.4) is 0 Å². The van der Waals surface area contributed by atoms with Crippen LogP contribution < -0.4 is 16.4 Å². The number of nitrogens with two attached hydrogens (primary N) is 1. The maximum Gasteiger partial charge on any atom is 0.305 e. The van der Waals surface area contributed by atoms with E-state index in [1.165, 1.54) is 6.07 Å². The average molecular weight is 1020 g/mol. The standard InChI is InChI=1S/C48H69N3O19S/c1-36-41(49)7-5-39-44(40-6-8-42(50)47(71(55,56)57)46(40)70-45(36)39)37-3-2-4-38(35-37)48(54)51-10-12-59-14-16-61-18-20-63-22-24-65-26-28-67-30-32-69-34-33-68-31-29-66-27-25-64-23-21-62-19-17-60-15-13-58-11-9-43(52)53/h2-8,35,49H,9-34,50H2,1H3,(H,51,54)(H,52,53)(H,55,56,57)/p-1. The number of carbonyl (C=O) groups excluding carboxylic acids is 1. The average Bonchev–Trinajstić information content (AvgIpc) is 3.34. The van der Waals surface area contributed by atoms with Gasteiger partial charge in [-0.1, -0.05) is 12.1 Å². The van der Waals surface area contributed by atoms with E-state index in [0.29, 0.717) is 179 Å². The number of nitrogen functional groups attached to an aromatic ring is 1. The number of ether oxygens (including phenoxy) is 12. The zero-order chi connectivity index (χ0) is 50.9. The van der Waals surface area contributed by atoms with E-state index in [9.17, 15) is 22.6 Å². The number of amides is 1. The third-order valence-electron chi connectivity index (χ3n) is 10.0. The van der Waals surface area contributed by atoms with Crippen molar-refractivity contribution >= 4 is 38.7 Å². The Labute approximate surface area is 413 Å². The molecule has 4 rings (SSSR count). The number of nitrogens with one attached hydrogen (secondary N) is 2. The molecule has 0 saturated heterocycles. The summed E-state index contributed by atoms with van der Waals surface area (Å²) in [6.45, 7) is 11.6. The van der Waals surface area contributed by atoms with Gasteiger partial charge in [0.05, 0.1) is 176 Å². The Morgan fingerprint density at radius 3 is 1.46 bits per heavy atom. The van der Waals surface area contributed by atoms with Gasteiger partial charge in [-0.2, -0.15) is 0 Å². The Kier molecular flexibility index (Phi) is 28.7. The minimum Gasteiger partial charge on any atom is -0.744 e. The van der Waals surface area contributed by atoms with Crippen molar-refractivity contribution in [1.82, 2.24) is 5.32 Å². The molecule has 0 bridgehead atoms. The molecule has 1 heterocycles. The van der Waals surface area contributed by atoms with E-state index in [0.717, 1.165) is 0 Å². The highest BCUT2D eigenvalue weighted by molar-refractivity contribution is 7.86. The predicted octanol–water partition coefficient (Wildman–Crippen LogP) is 2.88. The summed E-state index contributed by atoms with van der Waals surface area (Å²) in [5.74, 6) is -1.02. The molecule has 0 aromatic heterocycles. The van der Waals surface area contributed by atoms with Gasteiger partial charge in [0.25, 0.3) is 5.91 Å². The fraction of sp³-hybridized carbons (Fsp3) is 0.562. The summed E-state index contributed by atoms with van der Waals surface area (Å²) in [7, 11) is -5.04. The molecule has 0 fully saturated rings. The van der Waals surface area contributed by atoms with Gasteiger partial charge >= 0.3 is 5.97 Å². The van der Waals surface area contributed by atoms with Gasteiger partial charge in [0, 0.05) is 34.2 Å². The lowest BCUT2D eigenvalue weighted by atomic mass is 9.91. The molecule has 0 spiro atoms. The van der Waals surface area contributed by atoms with E-state index in [1.807, 2.05) is 0 Å². The number of carbonyl (C=O) groups is 2. The van der Waals surface area contributed by atoms with Crippen molar-refractivity contribution in [2.24, 2.45) is 0 Å². The molecular weight excluding hydrogens is 955 g/mol. The first-order valence-corrected chi connectivity index (χ1v) is 24.7. The number of aliphatic carboxylic acids is 1. The van der Waals surface area contributed by atoms with Crippen LogP contribution >= 0.6 is 0 Å². The summed E-state index contributed by atoms with van der Waals surface area (Å²) in [5.41, 5.74) is 7.87. The molecule has 1 aliphatic carbocycles. The van der Waals surface area contributed by atoms with Crippen LogP contribution in [0.25, 0.3) is 33.4 Å². The van der Waals surface area contributed by atoms with Crippen molar-refractivity contribution in [1.29, 1.82) is 5.41 Å². The van der Waals surface area contributed by atoms with Crippen LogP contribution in [0.4, 0.5) is 5.69 Å². The quantitative estimate of drug-likeness (QED) is 0.0215. The molecule has 0 atom stereocenters. The molecule has 0 saturated carbocycles. The lowest BCUT2D eigenvalue weighted by molar-refractivity contribution is -0.138. The van der Waals surface area contributed by atoms with Crippen LogP contribution in [0.1, 0.15) is 22.3 Å². The van der Waals surface area contributed by atoms with Gasteiger partial charge in [0.15, 0.2) is 5.58 Å². The van der Waals surface area contributed by atoms with E-state index in [-0.39, 0.29) is 54.5 Å². The summed E-state index contributed by atoms with van der Waals surface area (Å²) in [4.78, 5) is 22.8. The molecule has 71 heavy (non-hydrogen) atoms. The molecule has 22 nitrogen and oxygen atoms in total. The SMILES string of the molecule is Cc1c2oc3c(S(=O)(=O)[O-])c(N)ccc3c(-c3cccc(C(=O)NCCOCCOCCOCCOCCOCCOCCOCCOCCOCCOCCOCCOCCC(=O)O)c3)c-2ccc1=N. The normalized spacial score (nSPS) is 11.8. The van der Waals surface area contributed by atoms with Crippen LogP contribution in [0.2, 0.25) is 0 Å². The van der Waals surface area contributed by atoms with Crippen LogP contribution in [0.5, 0.6) is 0 Å². The summed E-state index contributed by atoms with van der Waals surface area (Å²) < 4.78 is 108. The molecule has 2 aromatic rings. The number of fused-ring (bicyclic) bond motifs is 2. The van der Waals surface area contributed by atoms with Crippen LogP contribution in [0, 0.1) is 12.3 Å². The number of carboxylic acids is 1. The van der Waals surface area contributed by atoms with Crippen molar-refractivity contribution in [2.45, 2.75) is 18.2 Å². The first kappa shape index (κ1) is 58.9. The van der Waals surface area contributed by atoms with E-state index < -0.39 is 21.0 Å². The summed E-state index contributed by atoms with van der Waals surface area (Å²) >= 11 is 0. The fourth-order valence-electron chi connectivity index (χ4n) is 6.55. The first-order valence-electron chi connectivity index (χ1n) is 23.3. The number of carboxylic acid groups (broad SMARTS) is 1. The largest absolute Gasteiger partial charge is 0.744 e. The fourth-order valence-corrected chi connectivity index (χ4v) is 7.28. The van der Waals surface area contributed by atoms with Crippen molar-refractivity contribution in [2.75, 3.05) is 171 Å². The maximum absolute atomic E-state index is 13.2. The van der Waals surface area contributed by atoms with E-state index in [2.05, 4.69) is 5.32 Å². The Bertz CT molecular complexity index is 2300. The number of anilines is 1. The van der Waals surface area contributed by atoms with Gasteiger partial charge in [-0.3, -0.25) is 9.59 Å². The highest BCUT2D eigenvalue weighted by Gasteiger charge is 2.24. The molecule has 0 radical (unpaired) electrons. The second-order valence-corrected chi connectivity index (χ2v) is 16.6. The molecule has 1 amide bonds. The van der Waals surface area contributed by atoms with Gasteiger partial charge in [-0.25, -0.2) is 8.42 Å². The van der Waals surface area contributed by atoms with Crippen molar-refractivity contribution < 1.29 is 88.9 Å². The Morgan fingerprint density at radius 2 is 1.04 bits per heavy atom. The molecule has 396 valence electrons. The zero-order valence-corrected chi connectivity index (χ0v) is 41.1. The third-order valence-corrected chi connectivity index (χ3v) is 11.0. The van der Waals surface area contributed by atoms with E-state index in [4.69, 9.17) is 77.5 Å². The molecule has 0 unspecified atom stereocenters. The molecule has 23 heteroatoms. The van der Waals surface area contributed by atoms with Crippen LogP contribution in [0.15, 0.2) is 57.8 Å². The number of hydrogen-bond acceptors (Lipinski definition) is 20. The summed E-state index contributed by atoms with van der Waals surface area (Å²) in [5, 5.41) is 20.1. The topological polar surface area (TPSA) is 297 Å². The maximum atomic E-state index is 13.2. The highest BCUT2D eigenvalue weighted by atomic mass is 32.2. The summed E-state index contributed by atoms with van der Waals surface area (Å²) in [6, 6.07) is 12.9. The molecule has 5 N–H and O–H groups in total. The second kappa shape index (κ2) is 34.6. The van der Waals surface area contributed by atoms with Crippen molar-refractivity contribution in [3.05, 3.63) is 65.0 Å². The van der Waals surface area contributed by atoms with Crippen LogP contribution in [-0.2, 0) is 71.8 Å². The second-order valence-electron chi connectivity index (χ2n) is 15.2. The van der Waals surface area contributed by atoms with Crippen LogP contribution in [-0.4, -0.2) is 195 Å². The number of rotatable bonds is 42. The van der Waals surface area contributed by atoms with Gasteiger partial charge in [0.2, 0.25) is 0 Å². The minimum atomic E-state index is -5.04. The van der Waals surface area contributed by atoms with Gasteiger partial charge < -0.3 is 87.4 Å². The molecular formula is C48H68N3O19S-. The highest BCUT2D eigenvalue weighted by Crippen LogP contribution is 2.44. The number of benzene rings is 3. The first-order chi connectivity index (χ1) is 34.5. The molecule has 1 aliphatic heterocycles. The number of hydrogen-bond donors (Lipinski definition) is 4. The van der Waals surface area contributed by atoms with E-state index >= 15 is 0 Å². The molecule has 2 aromatic carbocycles. The Hall–Kier alpha value is -4.70. The van der Waals surface area contributed by atoms with Gasteiger partial charge in [0.1, 0.15) is 20.8 Å². The third kappa shape index (κ3) is 22.7.